The molecule has 7 heteroatoms. The highest BCUT2D eigenvalue weighted by Gasteiger charge is 2.22. The number of hydrogen-bond acceptors (Lipinski definition) is 6. The summed E-state index contributed by atoms with van der Waals surface area (Å²) in [6.45, 7) is 4.16. The van der Waals surface area contributed by atoms with Crippen LogP contribution in [0.3, 0.4) is 0 Å². The van der Waals surface area contributed by atoms with Crippen LogP contribution in [0.25, 0.3) is 21.8 Å². The van der Waals surface area contributed by atoms with E-state index in [0.29, 0.717) is 17.4 Å². The van der Waals surface area contributed by atoms with Gasteiger partial charge in [-0.25, -0.2) is 9.97 Å². The first-order valence-electron chi connectivity index (χ1n) is 8.18. The van der Waals surface area contributed by atoms with Crippen LogP contribution in [0, 0.1) is 0 Å². The standard InChI is InChI=1S/C20H15N3OS3/c1-2-9-23(20-22-16(12-27-20)14-6-4-3-5-7-14)19(24)17-13-26-18(21-17)15-8-10-25-11-15/h2-8,10-13H,1,9H2. The van der Waals surface area contributed by atoms with E-state index < -0.39 is 0 Å². The topological polar surface area (TPSA) is 46.1 Å². The van der Waals surface area contributed by atoms with Gasteiger partial charge in [0.1, 0.15) is 10.7 Å². The van der Waals surface area contributed by atoms with Crippen molar-refractivity contribution in [2.75, 3.05) is 11.4 Å². The summed E-state index contributed by atoms with van der Waals surface area (Å²) < 4.78 is 0. The minimum Gasteiger partial charge on any atom is -0.279 e. The van der Waals surface area contributed by atoms with Crippen molar-refractivity contribution in [3.05, 3.63) is 76.3 Å². The lowest BCUT2D eigenvalue weighted by Crippen LogP contribution is -2.31. The van der Waals surface area contributed by atoms with Gasteiger partial charge in [-0.05, 0) is 11.4 Å². The lowest BCUT2D eigenvalue weighted by atomic mass is 10.2. The Morgan fingerprint density at radius 2 is 1.89 bits per heavy atom. The summed E-state index contributed by atoms with van der Waals surface area (Å²) in [7, 11) is 0. The van der Waals surface area contributed by atoms with E-state index in [1.54, 1.807) is 27.7 Å². The van der Waals surface area contributed by atoms with Crippen molar-refractivity contribution in [1.82, 2.24) is 9.97 Å². The van der Waals surface area contributed by atoms with E-state index in [9.17, 15) is 4.79 Å². The molecule has 4 aromatic rings. The van der Waals surface area contributed by atoms with E-state index in [2.05, 4.69) is 16.5 Å². The van der Waals surface area contributed by atoms with Gasteiger partial charge in [0.25, 0.3) is 5.91 Å². The number of carbonyl (C=O) groups excluding carboxylic acids is 1. The Hall–Kier alpha value is -2.61. The van der Waals surface area contributed by atoms with Gasteiger partial charge in [-0.3, -0.25) is 9.69 Å². The van der Waals surface area contributed by atoms with Crippen LogP contribution >= 0.6 is 34.0 Å². The van der Waals surface area contributed by atoms with Crippen LogP contribution in [0.15, 0.2) is 70.6 Å². The Morgan fingerprint density at radius 3 is 2.63 bits per heavy atom. The molecule has 3 heterocycles. The van der Waals surface area contributed by atoms with Crippen LogP contribution in [0.5, 0.6) is 0 Å². The molecule has 0 saturated carbocycles. The number of nitrogens with zero attached hydrogens (tertiary/aromatic N) is 3. The Labute approximate surface area is 169 Å². The van der Waals surface area contributed by atoms with Gasteiger partial charge in [-0.15, -0.1) is 29.3 Å². The fourth-order valence-corrected chi connectivity index (χ4v) is 4.88. The van der Waals surface area contributed by atoms with E-state index in [4.69, 9.17) is 0 Å². The maximum atomic E-state index is 13.1. The van der Waals surface area contributed by atoms with E-state index in [0.717, 1.165) is 21.8 Å². The summed E-state index contributed by atoms with van der Waals surface area (Å²) >= 11 is 4.53. The third-order valence-electron chi connectivity index (χ3n) is 3.84. The lowest BCUT2D eigenvalue weighted by Gasteiger charge is -2.16. The Bertz CT molecular complexity index is 1050. The zero-order valence-electron chi connectivity index (χ0n) is 14.2. The molecule has 27 heavy (non-hydrogen) atoms. The van der Waals surface area contributed by atoms with Gasteiger partial charge in [-0.1, -0.05) is 36.4 Å². The van der Waals surface area contributed by atoms with Crippen molar-refractivity contribution < 1.29 is 4.79 Å². The van der Waals surface area contributed by atoms with Gasteiger partial charge >= 0.3 is 0 Å². The molecule has 0 fully saturated rings. The molecule has 4 rings (SSSR count). The molecule has 0 spiro atoms. The number of amides is 1. The summed E-state index contributed by atoms with van der Waals surface area (Å²) in [5.74, 6) is -0.165. The fourth-order valence-electron chi connectivity index (χ4n) is 2.54. The van der Waals surface area contributed by atoms with Crippen molar-refractivity contribution in [1.29, 1.82) is 0 Å². The van der Waals surface area contributed by atoms with Gasteiger partial charge in [0.05, 0.1) is 5.69 Å². The molecule has 0 radical (unpaired) electrons. The molecule has 1 amide bonds. The average Bonchev–Trinajstić information content (AvgIpc) is 3.47. The van der Waals surface area contributed by atoms with Crippen LogP contribution in [0.2, 0.25) is 0 Å². The fraction of sp³-hybridized carbons (Fsp3) is 0.0500. The maximum absolute atomic E-state index is 13.1. The van der Waals surface area contributed by atoms with Gasteiger partial charge < -0.3 is 0 Å². The monoisotopic (exact) mass is 409 g/mol. The van der Waals surface area contributed by atoms with E-state index in [1.807, 2.05) is 52.5 Å². The molecule has 1 aromatic carbocycles. The second-order valence-electron chi connectivity index (χ2n) is 5.64. The number of thiophene rings is 1. The Balaban J connectivity index is 1.62. The summed E-state index contributed by atoms with van der Waals surface area (Å²) in [5, 5.41) is 9.29. The molecular weight excluding hydrogens is 394 g/mol. The Morgan fingerprint density at radius 1 is 1.04 bits per heavy atom. The summed E-state index contributed by atoms with van der Waals surface area (Å²) in [6, 6.07) is 11.9. The normalized spacial score (nSPS) is 10.7. The van der Waals surface area contributed by atoms with Crippen molar-refractivity contribution >= 4 is 45.0 Å². The SMILES string of the molecule is C=CCN(C(=O)c1csc(-c2ccsc2)n1)c1nc(-c2ccccc2)cs1. The second-order valence-corrected chi connectivity index (χ2v) is 8.11. The maximum Gasteiger partial charge on any atom is 0.279 e. The predicted octanol–water partition coefficient (Wildman–Crippen LogP) is 5.83. The highest BCUT2D eigenvalue weighted by Crippen LogP contribution is 2.30. The molecule has 0 aliphatic rings. The molecule has 4 nitrogen and oxygen atoms in total. The van der Waals surface area contributed by atoms with Gasteiger partial charge in [0, 0.05) is 33.8 Å². The molecule has 0 saturated heterocycles. The molecular formula is C20H15N3OS3. The van der Waals surface area contributed by atoms with Gasteiger partial charge in [0.2, 0.25) is 0 Å². The zero-order chi connectivity index (χ0) is 18.6. The minimum atomic E-state index is -0.165. The first-order valence-corrected chi connectivity index (χ1v) is 10.9. The predicted molar refractivity (Wildman–Crippen MR) is 115 cm³/mol. The van der Waals surface area contributed by atoms with E-state index in [1.165, 1.54) is 22.7 Å². The molecule has 0 aliphatic carbocycles. The molecule has 134 valence electrons. The van der Waals surface area contributed by atoms with Crippen LogP contribution in [0.4, 0.5) is 5.13 Å². The number of rotatable bonds is 6. The first-order chi connectivity index (χ1) is 13.3. The summed E-state index contributed by atoms with van der Waals surface area (Å²) in [5.41, 5.74) is 3.36. The van der Waals surface area contributed by atoms with Crippen LogP contribution in [-0.2, 0) is 0 Å². The number of anilines is 1. The third-order valence-corrected chi connectivity index (χ3v) is 6.28. The van der Waals surface area contributed by atoms with Crippen molar-refractivity contribution in [2.45, 2.75) is 0 Å². The molecule has 0 unspecified atom stereocenters. The van der Waals surface area contributed by atoms with E-state index in [-0.39, 0.29) is 5.91 Å². The molecule has 0 aliphatic heterocycles. The summed E-state index contributed by atoms with van der Waals surface area (Å²) in [6.07, 6.45) is 1.70. The lowest BCUT2D eigenvalue weighted by molar-refractivity contribution is 0.0985. The van der Waals surface area contributed by atoms with Crippen LogP contribution in [0.1, 0.15) is 10.5 Å². The minimum absolute atomic E-state index is 0.165. The van der Waals surface area contributed by atoms with Crippen molar-refractivity contribution in [3.8, 4) is 21.8 Å². The number of carbonyl (C=O) groups is 1. The summed E-state index contributed by atoms with van der Waals surface area (Å²) in [4.78, 5) is 23.9. The first kappa shape index (κ1) is 17.8. The van der Waals surface area contributed by atoms with Gasteiger partial charge in [0.15, 0.2) is 5.13 Å². The zero-order valence-corrected chi connectivity index (χ0v) is 16.7. The smallest absolute Gasteiger partial charge is 0.279 e. The number of hydrogen-bond donors (Lipinski definition) is 0. The quantitative estimate of drug-likeness (QED) is 0.377. The van der Waals surface area contributed by atoms with Crippen molar-refractivity contribution in [2.24, 2.45) is 0 Å². The van der Waals surface area contributed by atoms with Crippen molar-refractivity contribution in [3.63, 3.8) is 0 Å². The average molecular weight is 410 g/mol. The van der Waals surface area contributed by atoms with E-state index >= 15 is 0 Å². The third kappa shape index (κ3) is 3.75. The molecule has 0 atom stereocenters. The molecule has 3 aromatic heterocycles. The van der Waals surface area contributed by atoms with Gasteiger partial charge in [-0.2, -0.15) is 11.3 Å². The van der Waals surface area contributed by atoms with Crippen LogP contribution < -0.4 is 4.90 Å². The number of aromatic nitrogens is 2. The highest BCUT2D eigenvalue weighted by atomic mass is 32.1. The largest absolute Gasteiger partial charge is 0.279 e. The molecule has 0 bridgehead atoms. The highest BCUT2D eigenvalue weighted by molar-refractivity contribution is 7.14. The number of benzene rings is 1. The van der Waals surface area contributed by atoms with Crippen LogP contribution in [-0.4, -0.2) is 22.4 Å². The second kappa shape index (κ2) is 7.96. The number of thiazole rings is 2. The molecule has 0 N–H and O–H groups in total. The Kier molecular flexibility index (Phi) is 5.24.